The lowest BCUT2D eigenvalue weighted by atomic mass is 9.95. The van der Waals surface area contributed by atoms with Crippen molar-refractivity contribution < 1.29 is 8.83 Å². The molecular weight excluding hydrogens is 781 g/mol. The molecule has 0 radical (unpaired) electrons. The largest absolute Gasteiger partial charge is 0.452 e. The van der Waals surface area contributed by atoms with Crippen LogP contribution < -0.4 is 9.80 Å². The van der Waals surface area contributed by atoms with E-state index in [9.17, 15) is 0 Å². The lowest BCUT2D eigenvalue weighted by Crippen LogP contribution is -2.13. The number of benzene rings is 9. The maximum atomic E-state index is 6.95. The van der Waals surface area contributed by atoms with Crippen molar-refractivity contribution in [2.75, 3.05) is 9.80 Å². The normalized spacial score (nSPS) is 11.9. The van der Waals surface area contributed by atoms with E-state index < -0.39 is 0 Å². The zero-order valence-electron chi connectivity index (χ0n) is 38.4. The molecule has 0 amide bonds. The van der Waals surface area contributed by atoms with Crippen molar-refractivity contribution >= 4 is 99.5 Å². The molecule has 4 heteroatoms. The quantitative estimate of drug-likeness (QED) is 0.167. The lowest BCUT2D eigenvalue weighted by Gasteiger charge is -2.30. The summed E-state index contributed by atoms with van der Waals surface area (Å²) in [5, 5.41) is 9.01. The van der Waals surface area contributed by atoms with Gasteiger partial charge in [-0.1, -0.05) is 60.7 Å². The predicted molar refractivity (Wildman–Crippen MR) is 273 cm³/mol. The van der Waals surface area contributed by atoms with E-state index in [0.717, 1.165) is 66.0 Å². The van der Waals surface area contributed by atoms with Gasteiger partial charge in [0.05, 0.1) is 0 Å². The van der Waals surface area contributed by atoms with Crippen molar-refractivity contribution in [3.63, 3.8) is 0 Å². The third-order valence-electron chi connectivity index (χ3n) is 14.6. The molecule has 0 saturated heterocycles. The molecule has 2 aromatic heterocycles. The van der Waals surface area contributed by atoms with Gasteiger partial charge in [-0.25, -0.2) is 0 Å². The first-order valence-electron chi connectivity index (χ1n) is 22.4. The van der Waals surface area contributed by atoms with Crippen LogP contribution in [0.25, 0.3) is 65.4 Å². The van der Waals surface area contributed by atoms with Crippen LogP contribution in [0.4, 0.5) is 34.1 Å². The summed E-state index contributed by atoms with van der Waals surface area (Å²) in [7, 11) is 0. The molecule has 0 atom stereocenters. The minimum Gasteiger partial charge on any atom is -0.452 e. The minimum atomic E-state index is 0.799. The maximum absolute atomic E-state index is 6.95. The highest BCUT2D eigenvalue weighted by Gasteiger charge is 2.24. The number of fused-ring (bicyclic) bond motifs is 9. The Kier molecular flexibility index (Phi) is 9.04. The zero-order valence-corrected chi connectivity index (χ0v) is 38.4. The Morgan fingerprint density at radius 1 is 0.312 bits per heavy atom. The Morgan fingerprint density at radius 3 is 0.969 bits per heavy atom. The minimum absolute atomic E-state index is 0.799. The van der Waals surface area contributed by atoms with Crippen LogP contribution in [0.1, 0.15) is 55.6 Å². The Balaban J connectivity index is 1.08. The van der Waals surface area contributed by atoms with Crippen LogP contribution in [-0.2, 0) is 0 Å². The van der Waals surface area contributed by atoms with Crippen molar-refractivity contribution in [2.45, 2.75) is 69.2 Å². The summed E-state index contributed by atoms with van der Waals surface area (Å²) < 4.78 is 13.9. The number of hydrogen-bond donors (Lipinski definition) is 0. The van der Waals surface area contributed by atoms with E-state index in [-0.39, 0.29) is 0 Å². The predicted octanol–water partition coefficient (Wildman–Crippen LogP) is 17.8. The summed E-state index contributed by atoms with van der Waals surface area (Å²) in [6.45, 7) is 22.1. The Labute approximate surface area is 375 Å². The number of nitrogens with zero attached hydrogens (tertiary/aromatic N) is 2. The summed E-state index contributed by atoms with van der Waals surface area (Å²) in [5.41, 5.74) is 22.8. The van der Waals surface area contributed by atoms with Crippen molar-refractivity contribution in [2.24, 2.45) is 0 Å². The molecule has 0 N–H and O–H groups in total. The van der Waals surface area contributed by atoms with E-state index in [1.54, 1.807) is 0 Å². The fourth-order valence-corrected chi connectivity index (χ4v) is 10.1. The van der Waals surface area contributed by atoms with E-state index in [0.29, 0.717) is 0 Å². The molecule has 0 aliphatic carbocycles. The fraction of sp³-hybridized carbons (Fsp3) is 0.167. The molecule has 0 fully saturated rings. The maximum Gasteiger partial charge on any atom is 0.178 e. The SMILES string of the molecule is Cc1cccc(N(c2ccc3cc4c(cc3c2)oc2c3oc5cc6cc(N(c7cccc(C)c7C)c7cccc(C)c7C)ccc6cc5c3c(C)c(C)c42)c2cccc(C)c2C)c1C. The number of hydrogen-bond acceptors (Lipinski definition) is 4. The van der Waals surface area contributed by atoms with E-state index in [2.05, 4.69) is 212 Å². The van der Waals surface area contributed by atoms with Crippen LogP contribution in [0.5, 0.6) is 0 Å². The van der Waals surface area contributed by atoms with Gasteiger partial charge in [0.15, 0.2) is 11.2 Å². The van der Waals surface area contributed by atoms with Crippen molar-refractivity contribution in [3.8, 4) is 0 Å². The highest BCUT2D eigenvalue weighted by Crippen LogP contribution is 2.47. The molecule has 11 rings (SSSR count). The molecule has 0 bridgehead atoms. The molecular formula is C60H52N2O2. The standard InChI is InChI=1S/C60H52N2O2/c1-33-15-11-19-51(37(33)5)61(52-20-12-16-34(2)38(52)6)47-25-23-43-29-49-55(31-45(43)27-47)63-59-57(49)41(9)42(10)58-50-30-44-24-26-48(28-46(44)32-56(50)64-60(58)59)62(53-21-13-17-35(3)39(53)7)54-22-14-18-36(4)40(54)8/h11-32H,1-10H3. The topological polar surface area (TPSA) is 32.8 Å². The molecule has 11 aromatic rings. The average molecular weight is 833 g/mol. The highest BCUT2D eigenvalue weighted by molar-refractivity contribution is 6.24. The van der Waals surface area contributed by atoms with Gasteiger partial charge >= 0.3 is 0 Å². The molecule has 314 valence electrons. The Hall–Kier alpha value is -7.30. The Bertz CT molecular complexity index is 3400. The van der Waals surface area contributed by atoms with E-state index in [1.165, 1.54) is 89.2 Å². The Morgan fingerprint density at radius 2 is 0.641 bits per heavy atom. The van der Waals surface area contributed by atoms with Gasteiger partial charge in [-0.3, -0.25) is 0 Å². The van der Waals surface area contributed by atoms with Crippen molar-refractivity contribution in [1.82, 2.24) is 0 Å². The first-order chi connectivity index (χ1) is 30.9. The molecule has 0 aliphatic heterocycles. The number of furan rings is 2. The number of anilines is 6. The van der Waals surface area contributed by atoms with Crippen LogP contribution >= 0.6 is 0 Å². The van der Waals surface area contributed by atoms with Gasteiger partial charge in [0.2, 0.25) is 0 Å². The van der Waals surface area contributed by atoms with Crippen LogP contribution in [0, 0.1) is 69.2 Å². The third kappa shape index (κ3) is 5.96. The molecule has 9 aromatic carbocycles. The second-order valence-corrected chi connectivity index (χ2v) is 18.2. The highest BCUT2D eigenvalue weighted by atomic mass is 16.4. The summed E-state index contributed by atoms with van der Waals surface area (Å²) in [6, 6.07) is 49.0. The van der Waals surface area contributed by atoms with E-state index in [1.807, 2.05) is 0 Å². The summed E-state index contributed by atoms with van der Waals surface area (Å²) in [6.07, 6.45) is 0. The van der Waals surface area contributed by atoms with Gasteiger partial charge in [0.1, 0.15) is 11.2 Å². The molecule has 0 spiro atoms. The molecule has 0 saturated carbocycles. The van der Waals surface area contributed by atoms with Gasteiger partial charge < -0.3 is 18.6 Å². The summed E-state index contributed by atoms with van der Waals surface area (Å²) in [5.74, 6) is 0. The smallest absolute Gasteiger partial charge is 0.178 e. The van der Waals surface area contributed by atoms with Crippen LogP contribution in [0.3, 0.4) is 0 Å². The van der Waals surface area contributed by atoms with E-state index >= 15 is 0 Å². The lowest BCUT2D eigenvalue weighted by molar-refractivity contribution is 0.633. The molecule has 0 unspecified atom stereocenters. The first-order valence-corrected chi connectivity index (χ1v) is 22.4. The van der Waals surface area contributed by atoms with Gasteiger partial charge in [0, 0.05) is 55.7 Å². The van der Waals surface area contributed by atoms with Gasteiger partial charge in [-0.2, -0.15) is 0 Å². The van der Waals surface area contributed by atoms with E-state index in [4.69, 9.17) is 8.83 Å². The van der Waals surface area contributed by atoms with Gasteiger partial charge in [-0.05, 0) is 219 Å². The molecule has 64 heavy (non-hydrogen) atoms. The molecule has 0 aliphatic rings. The van der Waals surface area contributed by atoms with Crippen LogP contribution in [0.15, 0.2) is 142 Å². The second-order valence-electron chi connectivity index (χ2n) is 18.2. The number of aryl methyl sites for hydroxylation is 6. The van der Waals surface area contributed by atoms with Gasteiger partial charge in [0.25, 0.3) is 0 Å². The number of rotatable bonds is 6. The molecule has 4 nitrogen and oxygen atoms in total. The average Bonchev–Trinajstić information content (AvgIpc) is 3.85. The van der Waals surface area contributed by atoms with Crippen molar-refractivity contribution in [3.05, 3.63) is 189 Å². The zero-order chi connectivity index (χ0) is 44.3. The van der Waals surface area contributed by atoms with Crippen molar-refractivity contribution in [1.29, 1.82) is 0 Å². The fourth-order valence-electron chi connectivity index (χ4n) is 10.1. The molecule has 2 heterocycles. The van der Waals surface area contributed by atoms with Gasteiger partial charge in [-0.15, -0.1) is 0 Å². The third-order valence-corrected chi connectivity index (χ3v) is 14.6. The van der Waals surface area contributed by atoms with Crippen LogP contribution in [0.2, 0.25) is 0 Å². The first kappa shape index (κ1) is 39.5. The monoisotopic (exact) mass is 832 g/mol. The van der Waals surface area contributed by atoms with Crippen LogP contribution in [-0.4, -0.2) is 0 Å². The summed E-state index contributed by atoms with van der Waals surface area (Å²) in [4.78, 5) is 4.83. The second kappa shape index (κ2) is 14.6. The summed E-state index contributed by atoms with van der Waals surface area (Å²) >= 11 is 0.